The van der Waals surface area contributed by atoms with Crippen LogP contribution in [0.5, 0.6) is 0 Å². The summed E-state index contributed by atoms with van der Waals surface area (Å²) in [5.41, 5.74) is 5.46. The molecule has 0 aromatic rings. The Hall–Kier alpha value is -1.40. The molecule has 0 spiro atoms. The Bertz CT molecular complexity index is 274. The minimum atomic E-state index is -1.48. The van der Waals surface area contributed by atoms with E-state index < -0.39 is 24.6 Å². The molecule has 92 valence electrons. The number of primary amides is 1. The number of unbranched alkanes of at least 4 members (excludes halogenated alkanes) is 1. The minimum Gasteiger partial charge on any atom is -0.464 e. The molecule has 0 aromatic carbocycles. The zero-order chi connectivity index (χ0) is 12.6. The van der Waals surface area contributed by atoms with Crippen LogP contribution in [0.4, 0.5) is 0 Å². The van der Waals surface area contributed by atoms with Crippen LogP contribution in [0.15, 0.2) is 11.6 Å². The number of amides is 1. The summed E-state index contributed by atoms with van der Waals surface area (Å²) < 4.78 is 4.64. The lowest BCUT2D eigenvalue weighted by Crippen LogP contribution is -2.26. The van der Waals surface area contributed by atoms with Crippen LogP contribution >= 0.6 is 0 Å². The highest BCUT2D eigenvalue weighted by Crippen LogP contribution is 1.99. The fourth-order valence-electron chi connectivity index (χ4n) is 0.846. The van der Waals surface area contributed by atoms with E-state index >= 15 is 0 Å². The predicted molar refractivity (Wildman–Crippen MR) is 56.2 cm³/mol. The summed E-state index contributed by atoms with van der Waals surface area (Å²) in [6, 6.07) is 0. The van der Waals surface area contributed by atoms with Crippen LogP contribution in [-0.2, 0) is 14.3 Å². The fraction of sp³-hybridized carbons (Fsp3) is 0.600. The number of carbonyl (C=O) groups excluding carboxylic acids is 2. The van der Waals surface area contributed by atoms with Gasteiger partial charge in [-0.15, -0.1) is 0 Å². The number of hydrogen-bond donors (Lipinski definition) is 3. The lowest BCUT2D eigenvalue weighted by molar-refractivity contribution is -0.155. The standard InChI is InChI=1S/C10H17NO5/c1-7(9(11)14)4-2-3-5-16-10(15)8(13)6-12/h4,8,12-13H,2-3,5-6H2,1H3,(H2,11,14). The fourth-order valence-corrected chi connectivity index (χ4v) is 0.846. The highest BCUT2D eigenvalue weighted by atomic mass is 16.5. The number of ether oxygens (including phenoxy) is 1. The van der Waals surface area contributed by atoms with Gasteiger partial charge < -0.3 is 20.7 Å². The van der Waals surface area contributed by atoms with E-state index in [1.54, 1.807) is 13.0 Å². The number of nitrogens with two attached hydrogens (primary N) is 1. The molecule has 0 aliphatic rings. The summed E-state index contributed by atoms with van der Waals surface area (Å²) in [7, 11) is 0. The van der Waals surface area contributed by atoms with Gasteiger partial charge in [-0.2, -0.15) is 0 Å². The van der Waals surface area contributed by atoms with Crippen molar-refractivity contribution >= 4 is 11.9 Å². The van der Waals surface area contributed by atoms with Gasteiger partial charge in [0.1, 0.15) is 0 Å². The Morgan fingerprint density at radius 3 is 2.62 bits per heavy atom. The quantitative estimate of drug-likeness (QED) is 0.298. The molecule has 6 nitrogen and oxygen atoms in total. The lowest BCUT2D eigenvalue weighted by atomic mass is 10.2. The highest BCUT2D eigenvalue weighted by molar-refractivity contribution is 5.91. The molecule has 4 N–H and O–H groups in total. The first-order valence-corrected chi connectivity index (χ1v) is 4.91. The number of hydrogen-bond acceptors (Lipinski definition) is 5. The SMILES string of the molecule is CC(=CCCCOC(=O)C(O)CO)C(N)=O. The summed E-state index contributed by atoms with van der Waals surface area (Å²) in [5.74, 6) is -1.33. The Morgan fingerprint density at radius 2 is 2.12 bits per heavy atom. The molecule has 1 amide bonds. The van der Waals surface area contributed by atoms with Gasteiger partial charge in [0.2, 0.25) is 5.91 Å². The number of carbonyl (C=O) groups is 2. The Labute approximate surface area is 93.7 Å². The summed E-state index contributed by atoms with van der Waals surface area (Å²) in [5, 5.41) is 17.3. The number of aliphatic hydroxyl groups excluding tert-OH is 2. The molecule has 0 fully saturated rings. The molecule has 0 aliphatic heterocycles. The third-order valence-corrected chi connectivity index (χ3v) is 1.88. The molecule has 0 bridgehead atoms. The van der Waals surface area contributed by atoms with Gasteiger partial charge in [0.15, 0.2) is 6.10 Å². The van der Waals surface area contributed by atoms with Gasteiger partial charge in [0, 0.05) is 5.57 Å². The van der Waals surface area contributed by atoms with E-state index in [0.717, 1.165) is 0 Å². The van der Waals surface area contributed by atoms with Gasteiger partial charge >= 0.3 is 5.97 Å². The number of esters is 1. The molecule has 16 heavy (non-hydrogen) atoms. The van der Waals surface area contributed by atoms with Crippen molar-refractivity contribution in [2.75, 3.05) is 13.2 Å². The molecular weight excluding hydrogens is 214 g/mol. The second kappa shape index (κ2) is 7.84. The van der Waals surface area contributed by atoms with Crippen LogP contribution in [-0.4, -0.2) is 41.4 Å². The van der Waals surface area contributed by atoms with E-state index in [1.165, 1.54) is 0 Å². The molecule has 0 saturated carbocycles. The molecule has 1 atom stereocenters. The van der Waals surface area contributed by atoms with Gasteiger partial charge in [0.25, 0.3) is 0 Å². The van der Waals surface area contributed by atoms with Crippen LogP contribution in [0, 0.1) is 0 Å². The maximum absolute atomic E-state index is 10.9. The maximum Gasteiger partial charge on any atom is 0.337 e. The predicted octanol–water partition coefficient (Wildman–Crippen LogP) is -0.905. The molecule has 1 unspecified atom stereocenters. The van der Waals surface area contributed by atoms with E-state index in [4.69, 9.17) is 15.9 Å². The second-order valence-electron chi connectivity index (χ2n) is 3.26. The third-order valence-electron chi connectivity index (χ3n) is 1.88. The van der Waals surface area contributed by atoms with Crippen LogP contribution in [0.2, 0.25) is 0 Å². The third kappa shape index (κ3) is 6.15. The van der Waals surface area contributed by atoms with Crippen molar-refractivity contribution in [2.24, 2.45) is 5.73 Å². The first-order valence-electron chi connectivity index (χ1n) is 4.91. The lowest BCUT2D eigenvalue weighted by Gasteiger charge is -2.07. The molecule has 0 saturated heterocycles. The average Bonchev–Trinajstić information content (AvgIpc) is 2.26. The molecule has 0 radical (unpaired) electrons. The maximum atomic E-state index is 10.9. The van der Waals surface area contributed by atoms with Crippen molar-refractivity contribution in [3.05, 3.63) is 11.6 Å². The molecular formula is C10H17NO5. The first kappa shape index (κ1) is 14.6. The van der Waals surface area contributed by atoms with Crippen LogP contribution in [0.3, 0.4) is 0 Å². The number of rotatable bonds is 7. The van der Waals surface area contributed by atoms with Crippen LogP contribution < -0.4 is 5.73 Å². The smallest absolute Gasteiger partial charge is 0.337 e. The normalized spacial score (nSPS) is 13.3. The molecule has 0 rings (SSSR count). The van der Waals surface area contributed by atoms with Gasteiger partial charge in [0.05, 0.1) is 13.2 Å². The summed E-state index contributed by atoms with van der Waals surface area (Å²) in [4.78, 5) is 21.5. The molecule has 0 heterocycles. The van der Waals surface area contributed by atoms with Crippen molar-refractivity contribution in [3.63, 3.8) is 0 Å². The molecule has 0 aromatic heterocycles. The molecule has 6 heteroatoms. The van der Waals surface area contributed by atoms with E-state index in [2.05, 4.69) is 4.74 Å². The van der Waals surface area contributed by atoms with Gasteiger partial charge in [-0.3, -0.25) is 4.79 Å². The van der Waals surface area contributed by atoms with Crippen molar-refractivity contribution < 1.29 is 24.5 Å². The van der Waals surface area contributed by atoms with E-state index in [-0.39, 0.29) is 6.61 Å². The summed E-state index contributed by atoms with van der Waals surface area (Å²) >= 11 is 0. The summed E-state index contributed by atoms with van der Waals surface area (Å²) in [6.07, 6.45) is 1.24. The van der Waals surface area contributed by atoms with Crippen molar-refractivity contribution in [1.82, 2.24) is 0 Å². The Balaban J connectivity index is 3.66. The largest absolute Gasteiger partial charge is 0.464 e. The van der Waals surface area contributed by atoms with Crippen LogP contribution in [0.1, 0.15) is 19.8 Å². The van der Waals surface area contributed by atoms with Crippen molar-refractivity contribution in [3.8, 4) is 0 Å². The van der Waals surface area contributed by atoms with E-state index in [0.29, 0.717) is 18.4 Å². The monoisotopic (exact) mass is 231 g/mol. The second-order valence-corrected chi connectivity index (χ2v) is 3.26. The van der Waals surface area contributed by atoms with E-state index in [1.807, 2.05) is 0 Å². The van der Waals surface area contributed by atoms with Crippen molar-refractivity contribution in [2.45, 2.75) is 25.9 Å². The zero-order valence-corrected chi connectivity index (χ0v) is 9.18. The highest BCUT2D eigenvalue weighted by Gasteiger charge is 2.14. The first-order chi connectivity index (χ1) is 7.49. The summed E-state index contributed by atoms with van der Waals surface area (Å²) in [6.45, 7) is 1.07. The Morgan fingerprint density at radius 1 is 1.50 bits per heavy atom. The van der Waals surface area contributed by atoms with Gasteiger partial charge in [-0.05, 0) is 19.8 Å². The molecule has 0 aliphatic carbocycles. The number of aliphatic hydroxyl groups is 2. The van der Waals surface area contributed by atoms with Crippen LogP contribution in [0.25, 0.3) is 0 Å². The zero-order valence-electron chi connectivity index (χ0n) is 9.18. The average molecular weight is 231 g/mol. The topological polar surface area (TPSA) is 110 Å². The van der Waals surface area contributed by atoms with Gasteiger partial charge in [-0.25, -0.2) is 4.79 Å². The van der Waals surface area contributed by atoms with Gasteiger partial charge in [-0.1, -0.05) is 6.08 Å². The Kier molecular flexibility index (Phi) is 7.15. The van der Waals surface area contributed by atoms with E-state index in [9.17, 15) is 9.59 Å². The number of allylic oxidation sites excluding steroid dienone is 1. The van der Waals surface area contributed by atoms with Crippen molar-refractivity contribution in [1.29, 1.82) is 0 Å². The minimum absolute atomic E-state index is 0.123.